The summed E-state index contributed by atoms with van der Waals surface area (Å²) in [6.45, 7) is 4.69. The second kappa shape index (κ2) is 5.33. The molecule has 0 saturated carbocycles. The highest BCUT2D eigenvalue weighted by Gasteiger charge is 2.02. The van der Waals surface area contributed by atoms with Gasteiger partial charge in [-0.2, -0.15) is 5.10 Å². The van der Waals surface area contributed by atoms with E-state index in [0.717, 1.165) is 0 Å². The van der Waals surface area contributed by atoms with Gasteiger partial charge in [0.2, 0.25) is 5.91 Å². The molecule has 0 atom stereocenters. The van der Waals surface area contributed by atoms with Crippen LogP contribution < -0.4 is 10.6 Å². The van der Waals surface area contributed by atoms with Crippen molar-refractivity contribution in [2.45, 2.75) is 26.4 Å². The first kappa shape index (κ1) is 10.6. The Labute approximate surface area is 82.5 Å². The molecule has 1 aromatic rings. The fourth-order valence-electron chi connectivity index (χ4n) is 0.858. The molecule has 0 spiro atoms. The Morgan fingerprint density at radius 2 is 2.43 bits per heavy atom. The third-order valence-electron chi connectivity index (χ3n) is 1.59. The molecule has 6 nitrogen and oxygen atoms in total. The molecule has 0 radical (unpaired) electrons. The molecule has 0 aliphatic rings. The van der Waals surface area contributed by atoms with Crippen molar-refractivity contribution in [3.8, 4) is 0 Å². The summed E-state index contributed by atoms with van der Waals surface area (Å²) < 4.78 is 0. The molecule has 1 amide bonds. The minimum atomic E-state index is -0.0462. The van der Waals surface area contributed by atoms with Crippen LogP contribution in [0.25, 0.3) is 0 Å². The van der Waals surface area contributed by atoms with Crippen molar-refractivity contribution in [3.63, 3.8) is 0 Å². The van der Waals surface area contributed by atoms with Crippen molar-refractivity contribution in [3.05, 3.63) is 12.2 Å². The van der Waals surface area contributed by atoms with Gasteiger partial charge < -0.3 is 10.6 Å². The fraction of sp³-hybridized carbons (Fsp3) is 0.625. The van der Waals surface area contributed by atoms with Crippen LogP contribution in [0.15, 0.2) is 6.33 Å². The molecule has 0 aliphatic heterocycles. The van der Waals surface area contributed by atoms with Crippen molar-refractivity contribution in [1.82, 2.24) is 25.8 Å². The highest BCUT2D eigenvalue weighted by molar-refractivity contribution is 5.77. The van der Waals surface area contributed by atoms with Gasteiger partial charge in [0, 0.05) is 6.04 Å². The maximum absolute atomic E-state index is 11.2. The average Bonchev–Trinajstić information content (AvgIpc) is 2.63. The zero-order valence-corrected chi connectivity index (χ0v) is 8.37. The number of hydrogen-bond acceptors (Lipinski definition) is 4. The summed E-state index contributed by atoms with van der Waals surface area (Å²) in [6.07, 6.45) is 1.41. The lowest BCUT2D eigenvalue weighted by atomic mass is 10.4. The second-order valence-electron chi connectivity index (χ2n) is 3.24. The van der Waals surface area contributed by atoms with Crippen molar-refractivity contribution in [2.24, 2.45) is 0 Å². The second-order valence-corrected chi connectivity index (χ2v) is 3.24. The van der Waals surface area contributed by atoms with Crippen LogP contribution in [0.3, 0.4) is 0 Å². The summed E-state index contributed by atoms with van der Waals surface area (Å²) in [7, 11) is 0. The van der Waals surface area contributed by atoms with Gasteiger partial charge in [-0.1, -0.05) is 13.8 Å². The molecule has 6 heteroatoms. The molecule has 0 fully saturated rings. The number of amides is 1. The standard InChI is InChI=1S/C8H15N5O/c1-6(2)9-4-8(14)10-3-7-11-5-12-13-7/h5-6,9H,3-4H2,1-2H3,(H,10,14)(H,11,12,13). The molecule has 78 valence electrons. The molecule has 1 heterocycles. The van der Waals surface area contributed by atoms with E-state index >= 15 is 0 Å². The van der Waals surface area contributed by atoms with E-state index in [2.05, 4.69) is 25.8 Å². The van der Waals surface area contributed by atoms with E-state index in [1.54, 1.807) is 0 Å². The van der Waals surface area contributed by atoms with Crippen LogP contribution in [-0.2, 0) is 11.3 Å². The van der Waals surface area contributed by atoms with Crippen LogP contribution in [0, 0.1) is 0 Å². The number of nitrogens with zero attached hydrogens (tertiary/aromatic N) is 2. The molecule has 14 heavy (non-hydrogen) atoms. The average molecular weight is 197 g/mol. The van der Waals surface area contributed by atoms with Gasteiger partial charge >= 0.3 is 0 Å². The molecular formula is C8H15N5O. The zero-order valence-electron chi connectivity index (χ0n) is 8.37. The first-order valence-electron chi connectivity index (χ1n) is 4.53. The summed E-state index contributed by atoms with van der Waals surface area (Å²) in [6, 6.07) is 0.311. The maximum atomic E-state index is 11.2. The van der Waals surface area contributed by atoms with Crippen molar-refractivity contribution < 1.29 is 4.79 Å². The lowest BCUT2D eigenvalue weighted by Crippen LogP contribution is -2.36. The fourth-order valence-corrected chi connectivity index (χ4v) is 0.858. The van der Waals surface area contributed by atoms with Gasteiger partial charge in [-0.3, -0.25) is 9.89 Å². The summed E-state index contributed by atoms with van der Waals surface area (Å²) in [4.78, 5) is 15.1. The van der Waals surface area contributed by atoms with Crippen LogP contribution in [0.1, 0.15) is 19.7 Å². The summed E-state index contributed by atoms with van der Waals surface area (Å²) >= 11 is 0. The minimum Gasteiger partial charge on any atom is -0.348 e. The van der Waals surface area contributed by atoms with Gasteiger partial charge in [-0.15, -0.1) is 0 Å². The Morgan fingerprint density at radius 3 is 3.00 bits per heavy atom. The lowest BCUT2D eigenvalue weighted by molar-refractivity contribution is -0.120. The Bertz CT molecular complexity index is 269. The van der Waals surface area contributed by atoms with Crippen LogP contribution in [0.2, 0.25) is 0 Å². The zero-order chi connectivity index (χ0) is 10.4. The number of aromatic amines is 1. The van der Waals surface area contributed by atoms with Crippen LogP contribution in [0.4, 0.5) is 0 Å². The predicted molar refractivity (Wildman–Crippen MR) is 51.4 cm³/mol. The van der Waals surface area contributed by atoms with Crippen LogP contribution >= 0.6 is 0 Å². The van der Waals surface area contributed by atoms with Crippen LogP contribution in [0.5, 0.6) is 0 Å². The maximum Gasteiger partial charge on any atom is 0.234 e. The SMILES string of the molecule is CC(C)NCC(=O)NCc1ncn[nH]1. The number of carbonyl (C=O) groups is 1. The summed E-state index contributed by atoms with van der Waals surface area (Å²) in [5, 5.41) is 12.1. The molecule has 0 unspecified atom stereocenters. The van der Waals surface area contributed by atoms with Gasteiger partial charge in [-0.05, 0) is 0 Å². The molecule has 0 aliphatic carbocycles. The topological polar surface area (TPSA) is 82.7 Å². The Hall–Kier alpha value is -1.43. The number of aromatic nitrogens is 3. The highest BCUT2D eigenvalue weighted by Crippen LogP contribution is 1.83. The number of nitrogens with one attached hydrogen (secondary N) is 3. The molecule has 3 N–H and O–H groups in total. The Kier molecular flexibility index (Phi) is 4.06. The Balaban J connectivity index is 2.15. The van der Waals surface area contributed by atoms with Crippen LogP contribution in [-0.4, -0.2) is 33.7 Å². The smallest absolute Gasteiger partial charge is 0.234 e. The number of rotatable bonds is 5. The van der Waals surface area contributed by atoms with E-state index in [1.165, 1.54) is 6.33 Å². The van der Waals surface area contributed by atoms with E-state index in [-0.39, 0.29) is 5.91 Å². The predicted octanol–water partition coefficient (Wildman–Crippen LogP) is -0.581. The van der Waals surface area contributed by atoms with Gasteiger partial charge in [-0.25, -0.2) is 4.98 Å². The van der Waals surface area contributed by atoms with Gasteiger partial charge in [0.25, 0.3) is 0 Å². The van der Waals surface area contributed by atoms with Gasteiger partial charge in [0.05, 0.1) is 13.1 Å². The van der Waals surface area contributed by atoms with E-state index in [9.17, 15) is 4.79 Å². The first-order valence-corrected chi connectivity index (χ1v) is 4.53. The van der Waals surface area contributed by atoms with E-state index in [0.29, 0.717) is 25.0 Å². The first-order chi connectivity index (χ1) is 6.68. The summed E-state index contributed by atoms with van der Waals surface area (Å²) in [5.74, 6) is 0.609. The van der Waals surface area contributed by atoms with E-state index < -0.39 is 0 Å². The molecule has 1 aromatic heterocycles. The van der Waals surface area contributed by atoms with Gasteiger partial charge in [0.1, 0.15) is 12.2 Å². The van der Waals surface area contributed by atoms with Gasteiger partial charge in [0.15, 0.2) is 0 Å². The third kappa shape index (κ3) is 3.99. The Morgan fingerprint density at radius 1 is 1.64 bits per heavy atom. The number of hydrogen-bond donors (Lipinski definition) is 3. The molecule has 1 rings (SSSR count). The molecule has 0 saturated heterocycles. The highest BCUT2D eigenvalue weighted by atomic mass is 16.1. The van der Waals surface area contributed by atoms with Crippen molar-refractivity contribution in [2.75, 3.05) is 6.54 Å². The normalized spacial score (nSPS) is 10.5. The van der Waals surface area contributed by atoms with E-state index in [1.807, 2.05) is 13.8 Å². The number of carbonyl (C=O) groups excluding carboxylic acids is 1. The summed E-state index contributed by atoms with van der Waals surface area (Å²) in [5.41, 5.74) is 0. The third-order valence-corrected chi connectivity index (χ3v) is 1.59. The molecule has 0 bridgehead atoms. The molecule has 0 aromatic carbocycles. The van der Waals surface area contributed by atoms with Crippen molar-refractivity contribution in [1.29, 1.82) is 0 Å². The largest absolute Gasteiger partial charge is 0.348 e. The van der Waals surface area contributed by atoms with E-state index in [4.69, 9.17) is 0 Å². The quantitative estimate of drug-likeness (QED) is 0.589. The molecular weight excluding hydrogens is 182 g/mol. The lowest BCUT2D eigenvalue weighted by Gasteiger charge is -2.07. The van der Waals surface area contributed by atoms with Crippen molar-refractivity contribution >= 4 is 5.91 Å². The monoisotopic (exact) mass is 197 g/mol. The number of H-pyrrole nitrogens is 1. The minimum absolute atomic E-state index is 0.0462.